The Kier molecular flexibility index (Phi) is 8.27. The zero-order valence-corrected chi connectivity index (χ0v) is 34.2. The van der Waals surface area contributed by atoms with Crippen LogP contribution in [0.3, 0.4) is 0 Å². The summed E-state index contributed by atoms with van der Waals surface area (Å²) in [6.45, 7) is 0. The minimum atomic E-state index is -0.636. The molecule has 2 heterocycles. The smallest absolute Gasteiger partial charge is 0.128 e. The van der Waals surface area contributed by atoms with Gasteiger partial charge < -0.3 is 9.80 Å². The number of rotatable bonds is 6. The van der Waals surface area contributed by atoms with Crippen molar-refractivity contribution in [1.29, 1.82) is 0 Å². The SMILES string of the molecule is Fc1cc(F)cc(N(c2ccccc2)c2cccc(N(c3ccc4c(c3)-c3ccccc3C43c4ccccc4Sc4ccccc43)c3cccc4sc5ccccc5c34)c2)c1. The quantitative estimate of drug-likeness (QED) is 0.165. The minimum Gasteiger partial charge on any atom is -0.310 e. The molecule has 0 amide bonds. The van der Waals surface area contributed by atoms with E-state index in [1.165, 1.54) is 75.5 Å². The van der Waals surface area contributed by atoms with E-state index in [9.17, 15) is 8.78 Å². The third kappa shape index (κ3) is 5.52. The molecule has 0 saturated carbocycles. The first-order chi connectivity index (χ1) is 30.1. The molecule has 0 atom stereocenters. The van der Waals surface area contributed by atoms with Crippen molar-refractivity contribution in [3.8, 4) is 11.1 Å². The molecule has 10 aromatic rings. The van der Waals surface area contributed by atoms with E-state index < -0.39 is 17.0 Å². The van der Waals surface area contributed by atoms with Crippen LogP contribution in [-0.2, 0) is 5.41 Å². The fourth-order valence-electron chi connectivity index (χ4n) is 9.82. The van der Waals surface area contributed by atoms with Gasteiger partial charge in [0.15, 0.2) is 0 Å². The molecule has 61 heavy (non-hydrogen) atoms. The zero-order valence-electron chi connectivity index (χ0n) is 32.6. The van der Waals surface area contributed by atoms with Gasteiger partial charge in [-0.2, -0.15) is 0 Å². The van der Waals surface area contributed by atoms with Crippen LogP contribution in [0.4, 0.5) is 42.9 Å². The highest BCUT2D eigenvalue weighted by Gasteiger charge is 2.50. The molecule has 0 bridgehead atoms. The average Bonchev–Trinajstić information content (AvgIpc) is 3.81. The van der Waals surface area contributed by atoms with Crippen LogP contribution in [0.1, 0.15) is 22.3 Å². The fourth-order valence-corrected chi connectivity index (χ4v) is 12.1. The first-order valence-corrected chi connectivity index (χ1v) is 21.9. The van der Waals surface area contributed by atoms with Crippen LogP contribution in [0.5, 0.6) is 0 Å². The molecule has 0 fully saturated rings. The summed E-state index contributed by atoms with van der Waals surface area (Å²) in [6, 6.07) is 70.5. The number of benzene rings is 9. The highest BCUT2D eigenvalue weighted by molar-refractivity contribution is 7.99. The van der Waals surface area contributed by atoms with Crippen molar-refractivity contribution < 1.29 is 8.78 Å². The standard InChI is InChI=1S/C55H34F2N2S2/c56-35-30-36(57)32-41(31-35)58(37-14-2-1-3-15-37)38-16-12-17-39(33-38)59(49-23-13-27-53-54(49)43-19-5-9-24-50(43)60-53)40-28-29-46-44(34-40)42-18-4-6-20-45(42)55(46)47-21-7-10-25-51(47)61-52-26-11-8-22-48(52)55/h1-34H. The van der Waals surface area contributed by atoms with Gasteiger partial charge in [-0.05, 0) is 118 Å². The van der Waals surface area contributed by atoms with Crippen molar-refractivity contribution >= 4 is 77.4 Å². The highest BCUT2D eigenvalue weighted by atomic mass is 32.2. The summed E-state index contributed by atoms with van der Waals surface area (Å²) >= 11 is 3.64. The van der Waals surface area contributed by atoms with Crippen LogP contribution in [0.25, 0.3) is 31.3 Å². The van der Waals surface area contributed by atoms with Crippen molar-refractivity contribution in [3.05, 3.63) is 240 Å². The molecular weight excluding hydrogens is 791 g/mol. The number of anilines is 6. The van der Waals surface area contributed by atoms with Gasteiger partial charge in [0.1, 0.15) is 11.6 Å². The van der Waals surface area contributed by atoms with Crippen molar-refractivity contribution in [2.45, 2.75) is 15.2 Å². The van der Waals surface area contributed by atoms with Gasteiger partial charge in [-0.3, -0.25) is 0 Å². The molecule has 2 aliphatic rings. The number of halogens is 2. The first kappa shape index (κ1) is 35.9. The second-order valence-corrected chi connectivity index (χ2v) is 17.7. The fraction of sp³-hybridized carbons (Fsp3) is 0.0182. The topological polar surface area (TPSA) is 6.48 Å². The summed E-state index contributed by atoms with van der Waals surface area (Å²) in [5.74, 6) is -1.27. The lowest BCUT2D eigenvalue weighted by Crippen LogP contribution is -2.31. The molecular formula is C55H34F2N2S2. The van der Waals surface area contributed by atoms with Gasteiger partial charge in [-0.1, -0.05) is 127 Å². The molecule has 0 unspecified atom stereocenters. The molecule has 9 aromatic carbocycles. The second-order valence-electron chi connectivity index (χ2n) is 15.5. The summed E-state index contributed by atoms with van der Waals surface area (Å²) in [6.07, 6.45) is 0. The van der Waals surface area contributed by atoms with Gasteiger partial charge in [0.25, 0.3) is 0 Å². The van der Waals surface area contributed by atoms with E-state index in [0.717, 1.165) is 34.5 Å². The molecule has 0 N–H and O–H groups in total. The first-order valence-electron chi connectivity index (χ1n) is 20.3. The molecule has 12 rings (SSSR count). The van der Waals surface area contributed by atoms with Crippen LogP contribution >= 0.6 is 23.1 Å². The molecule has 1 aliphatic carbocycles. The minimum absolute atomic E-state index is 0.393. The lowest BCUT2D eigenvalue weighted by Gasteiger charge is -2.39. The van der Waals surface area contributed by atoms with Gasteiger partial charge in [0.05, 0.1) is 16.8 Å². The van der Waals surface area contributed by atoms with Crippen LogP contribution < -0.4 is 9.80 Å². The lowest BCUT2D eigenvalue weighted by atomic mass is 9.67. The van der Waals surface area contributed by atoms with E-state index in [0.29, 0.717) is 5.69 Å². The summed E-state index contributed by atoms with van der Waals surface area (Å²) in [5.41, 5.74) is 11.9. The van der Waals surface area contributed by atoms with Crippen molar-refractivity contribution in [1.82, 2.24) is 0 Å². The number of thiophene rings is 1. The maximum absolute atomic E-state index is 15.0. The second kappa shape index (κ2) is 14.1. The normalized spacial score (nSPS) is 13.1. The van der Waals surface area contributed by atoms with Crippen molar-refractivity contribution in [2.24, 2.45) is 0 Å². The number of fused-ring (bicyclic) bond motifs is 12. The van der Waals surface area contributed by atoms with Gasteiger partial charge in [0, 0.05) is 58.8 Å². The Morgan fingerprint density at radius 2 is 0.951 bits per heavy atom. The average molecular weight is 825 g/mol. The summed E-state index contributed by atoms with van der Waals surface area (Å²) in [7, 11) is 0. The Labute approximate surface area is 360 Å². The Morgan fingerprint density at radius 1 is 0.377 bits per heavy atom. The number of nitrogens with zero attached hydrogens (tertiary/aromatic N) is 2. The van der Waals surface area contributed by atoms with Crippen LogP contribution in [-0.4, -0.2) is 0 Å². The third-order valence-corrected chi connectivity index (χ3v) is 14.5. The van der Waals surface area contributed by atoms with E-state index in [-0.39, 0.29) is 0 Å². The molecule has 1 spiro atoms. The van der Waals surface area contributed by atoms with Crippen LogP contribution in [0, 0.1) is 11.6 Å². The van der Waals surface area contributed by atoms with Crippen LogP contribution in [0.2, 0.25) is 0 Å². The molecule has 290 valence electrons. The Bertz CT molecular complexity index is 3290. The number of hydrogen-bond acceptors (Lipinski definition) is 4. The predicted octanol–water partition coefficient (Wildman–Crippen LogP) is 16.1. The molecule has 0 radical (unpaired) electrons. The third-order valence-electron chi connectivity index (χ3n) is 12.2. The Hall–Kier alpha value is -6.99. The molecule has 1 aliphatic heterocycles. The summed E-state index contributed by atoms with van der Waals surface area (Å²) in [5, 5.41) is 2.36. The monoisotopic (exact) mass is 824 g/mol. The summed E-state index contributed by atoms with van der Waals surface area (Å²) < 4.78 is 32.3. The van der Waals surface area contributed by atoms with E-state index >= 15 is 0 Å². The van der Waals surface area contributed by atoms with E-state index in [1.54, 1.807) is 11.3 Å². The van der Waals surface area contributed by atoms with E-state index in [1.807, 2.05) is 59.1 Å². The van der Waals surface area contributed by atoms with Crippen LogP contribution in [0.15, 0.2) is 216 Å². The van der Waals surface area contributed by atoms with E-state index in [4.69, 9.17) is 0 Å². The van der Waals surface area contributed by atoms with Crippen molar-refractivity contribution in [3.63, 3.8) is 0 Å². The lowest BCUT2D eigenvalue weighted by molar-refractivity contribution is 0.584. The number of hydrogen-bond donors (Lipinski definition) is 0. The zero-order chi connectivity index (χ0) is 40.7. The van der Waals surface area contributed by atoms with Gasteiger partial charge in [-0.15, -0.1) is 11.3 Å². The summed E-state index contributed by atoms with van der Waals surface area (Å²) in [4.78, 5) is 6.80. The largest absolute Gasteiger partial charge is 0.310 e. The maximum atomic E-state index is 15.0. The molecule has 6 heteroatoms. The Morgan fingerprint density at radius 3 is 1.72 bits per heavy atom. The number of para-hydroxylation sites is 1. The molecule has 0 saturated heterocycles. The van der Waals surface area contributed by atoms with Crippen molar-refractivity contribution in [2.75, 3.05) is 9.80 Å². The van der Waals surface area contributed by atoms with E-state index in [2.05, 4.69) is 150 Å². The maximum Gasteiger partial charge on any atom is 0.128 e. The Balaban J connectivity index is 1.12. The highest BCUT2D eigenvalue weighted by Crippen LogP contribution is 2.63. The molecule has 1 aromatic heterocycles. The predicted molar refractivity (Wildman–Crippen MR) is 250 cm³/mol. The molecule has 2 nitrogen and oxygen atoms in total. The van der Waals surface area contributed by atoms with Gasteiger partial charge in [-0.25, -0.2) is 8.78 Å². The van der Waals surface area contributed by atoms with Gasteiger partial charge >= 0.3 is 0 Å². The van der Waals surface area contributed by atoms with Gasteiger partial charge in [0.2, 0.25) is 0 Å².